The third-order valence-electron chi connectivity index (χ3n) is 3.44. The van der Waals surface area contributed by atoms with Crippen molar-refractivity contribution >= 4 is 28.4 Å². The normalized spacial score (nSPS) is 11.1. The van der Waals surface area contributed by atoms with Crippen LogP contribution in [0.4, 0.5) is 0 Å². The lowest BCUT2D eigenvalue weighted by atomic mass is 10.1. The average molecular weight is 324 g/mol. The first-order valence-corrected chi connectivity index (χ1v) is 7.98. The molecular weight excluding hydrogens is 312 g/mol. The van der Waals surface area contributed by atoms with Gasteiger partial charge in [0.2, 0.25) is 5.16 Å². The van der Waals surface area contributed by atoms with E-state index in [1.807, 2.05) is 24.3 Å². The number of hydrogen-bond donors (Lipinski definition) is 2. The smallest absolute Gasteiger partial charge is 0.209 e. The van der Waals surface area contributed by atoms with Crippen LogP contribution in [-0.2, 0) is 0 Å². The highest BCUT2D eigenvalue weighted by atomic mass is 32.2. The summed E-state index contributed by atoms with van der Waals surface area (Å²) in [5.41, 5.74) is 1.65. The number of ketones is 1. The molecule has 0 aliphatic heterocycles. The molecule has 2 N–H and O–H groups in total. The van der Waals surface area contributed by atoms with Gasteiger partial charge in [0, 0.05) is 22.7 Å². The molecule has 0 saturated carbocycles. The summed E-state index contributed by atoms with van der Waals surface area (Å²) in [6.45, 7) is 0. The molecule has 0 atom stereocenters. The Morgan fingerprint density at radius 1 is 1.22 bits per heavy atom. The SMILES string of the molecule is O=C(CSc1n[nH]c(-c2ccco2)n1)c1c[nH]c2ccccc12. The zero-order chi connectivity index (χ0) is 15.6. The predicted molar refractivity (Wildman–Crippen MR) is 87.4 cm³/mol. The van der Waals surface area contributed by atoms with Crippen LogP contribution < -0.4 is 0 Å². The van der Waals surface area contributed by atoms with Crippen LogP contribution in [0.1, 0.15) is 10.4 Å². The molecule has 0 fully saturated rings. The van der Waals surface area contributed by atoms with E-state index in [4.69, 9.17) is 4.42 Å². The molecule has 3 aromatic heterocycles. The quantitative estimate of drug-likeness (QED) is 0.433. The molecule has 0 aliphatic carbocycles. The minimum atomic E-state index is 0.0387. The van der Waals surface area contributed by atoms with Crippen LogP contribution in [0.5, 0.6) is 0 Å². The van der Waals surface area contributed by atoms with Gasteiger partial charge in [0.1, 0.15) is 0 Å². The van der Waals surface area contributed by atoms with Gasteiger partial charge in [-0.3, -0.25) is 9.89 Å². The largest absolute Gasteiger partial charge is 0.461 e. The Morgan fingerprint density at radius 3 is 3.00 bits per heavy atom. The summed E-state index contributed by atoms with van der Waals surface area (Å²) in [5.74, 6) is 1.48. The van der Waals surface area contributed by atoms with Gasteiger partial charge < -0.3 is 9.40 Å². The Kier molecular flexibility index (Phi) is 3.47. The highest BCUT2D eigenvalue weighted by Crippen LogP contribution is 2.23. The van der Waals surface area contributed by atoms with Crippen LogP contribution in [-0.4, -0.2) is 31.7 Å². The topological polar surface area (TPSA) is 87.6 Å². The fourth-order valence-corrected chi connectivity index (χ4v) is 3.03. The maximum Gasteiger partial charge on any atom is 0.209 e. The Morgan fingerprint density at radius 2 is 2.13 bits per heavy atom. The van der Waals surface area contributed by atoms with Crippen molar-refractivity contribution in [2.75, 3.05) is 5.75 Å². The summed E-state index contributed by atoms with van der Waals surface area (Å²) in [5, 5.41) is 8.35. The number of fused-ring (bicyclic) bond motifs is 1. The molecule has 114 valence electrons. The number of furan rings is 1. The van der Waals surface area contributed by atoms with E-state index in [2.05, 4.69) is 20.2 Å². The molecule has 7 heteroatoms. The number of aromatic nitrogens is 4. The van der Waals surface area contributed by atoms with Crippen molar-refractivity contribution in [1.82, 2.24) is 20.2 Å². The number of Topliss-reactive ketones (excluding diaryl/α,β-unsaturated/α-hetero) is 1. The highest BCUT2D eigenvalue weighted by molar-refractivity contribution is 7.99. The lowest BCUT2D eigenvalue weighted by Crippen LogP contribution is -2.01. The maximum absolute atomic E-state index is 12.4. The molecule has 0 radical (unpaired) electrons. The molecule has 0 aliphatic rings. The van der Waals surface area contributed by atoms with Crippen LogP contribution in [0.2, 0.25) is 0 Å². The van der Waals surface area contributed by atoms with Gasteiger partial charge in [0.15, 0.2) is 17.4 Å². The molecule has 0 amide bonds. The number of para-hydroxylation sites is 1. The summed E-state index contributed by atoms with van der Waals surface area (Å²) in [6.07, 6.45) is 3.32. The molecule has 4 aromatic rings. The number of nitrogens with one attached hydrogen (secondary N) is 2. The van der Waals surface area contributed by atoms with Crippen molar-refractivity contribution in [3.63, 3.8) is 0 Å². The van der Waals surface area contributed by atoms with E-state index in [1.54, 1.807) is 24.6 Å². The number of benzene rings is 1. The monoisotopic (exact) mass is 324 g/mol. The molecule has 0 bridgehead atoms. The highest BCUT2D eigenvalue weighted by Gasteiger charge is 2.14. The molecule has 23 heavy (non-hydrogen) atoms. The second-order valence-electron chi connectivity index (χ2n) is 4.90. The number of carbonyl (C=O) groups excluding carboxylic acids is 1. The van der Waals surface area contributed by atoms with Crippen LogP contribution in [0, 0.1) is 0 Å². The minimum absolute atomic E-state index is 0.0387. The lowest BCUT2D eigenvalue weighted by Gasteiger charge is -1.97. The molecule has 3 heterocycles. The van der Waals surface area contributed by atoms with Gasteiger partial charge in [0.05, 0.1) is 12.0 Å². The van der Waals surface area contributed by atoms with E-state index in [9.17, 15) is 4.79 Å². The van der Waals surface area contributed by atoms with Crippen LogP contribution >= 0.6 is 11.8 Å². The number of thioether (sulfide) groups is 1. The molecular formula is C16H12N4O2S. The molecule has 0 saturated heterocycles. The second kappa shape index (κ2) is 5.77. The van der Waals surface area contributed by atoms with E-state index in [-0.39, 0.29) is 11.5 Å². The van der Waals surface area contributed by atoms with Gasteiger partial charge in [-0.15, -0.1) is 5.10 Å². The van der Waals surface area contributed by atoms with E-state index in [1.165, 1.54) is 11.8 Å². The standard InChI is InChI=1S/C16H12N4O2S/c21-13(11-8-17-12-5-2-1-4-10(11)12)9-23-16-18-15(19-20-16)14-6-3-7-22-14/h1-8,17H,9H2,(H,18,19,20). The number of nitrogens with zero attached hydrogens (tertiary/aromatic N) is 2. The number of rotatable bonds is 5. The van der Waals surface area contributed by atoms with Gasteiger partial charge in [-0.05, 0) is 18.2 Å². The first-order chi connectivity index (χ1) is 11.3. The zero-order valence-electron chi connectivity index (χ0n) is 11.9. The van der Waals surface area contributed by atoms with Gasteiger partial charge in [0.25, 0.3) is 0 Å². The molecule has 4 rings (SSSR count). The fourth-order valence-electron chi connectivity index (χ4n) is 2.34. The number of aromatic amines is 2. The minimum Gasteiger partial charge on any atom is -0.461 e. The van der Waals surface area contributed by atoms with Crippen molar-refractivity contribution in [1.29, 1.82) is 0 Å². The van der Waals surface area contributed by atoms with Crippen LogP contribution in [0.25, 0.3) is 22.5 Å². The third kappa shape index (κ3) is 2.66. The van der Waals surface area contributed by atoms with Crippen molar-refractivity contribution < 1.29 is 9.21 Å². The summed E-state index contributed by atoms with van der Waals surface area (Å²) < 4.78 is 5.25. The van der Waals surface area contributed by atoms with Crippen LogP contribution in [0.3, 0.4) is 0 Å². The summed E-state index contributed by atoms with van der Waals surface area (Å²) in [7, 11) is 0. The Bertz CT molecular complexity index is 955. The summed E-state index contributed by atoms with van der Waals surface area (Å²) in [6, 6.07) is 11.3. The Balaban J connectivity index is 1.48. The number of hydrogen-bond acceptors (Lipinski definition) is 5. The van der Waals surface area contributed by atoms with E-state index >= 15 is 0 Å². The molecule has 6 nitrogen and oxygen atoms in total. The molecule has 0 unspecified atom stereocenters. The molecule has 0 spiro atoms. The second-order valence-corrected chi connectivity index (χ2v) is 5.85. The van der Waals surface area contributed by atoms with Gasteiger partial charge in [-0.1, -0.05) is 30.0 Å². The van der Waals surface area contributed by atoms with E-state index < -0.39 is 0 Å². The van der Waals surface area contributed by atoms with Gasteiger partial charge >= 0.3 is 0 Å². The van der Waals surface area contributed by atoms with Gasteiger partial charge in [-0.2, -0.15) is 4.98 Å². The third-order valence-corrected chi connectivity index (χ3v) is 4.29. The maximum atomic E-state index is 12.4. The lowest BCUT2D eigenvalue weighted by molar-refractivity contribution is 0.102. The average Bonchev–Trinajstić information content (AvgIpc) is 3.31. The van der Waals surface area contributed by atoms with Crippen molar-refractivity contribution in [2.45, 2.75) is 5.16 Å². The van der Waals surface area contributed by atoms with Crippen molar-refractivity contribution in [3.05, 3.63) is 54.4 Å². The first-order valence-electron chi connectivity index (χ1n) is 6.99. The van der Waals surface area contributed by atoms with Crippen LogP contribution in [0.15, 0.2) is 58.4 Å². The predicted octanol–water partition coefficient (Wildman–Crippen LogP) is 3.52. The number of H-pyrrole nitrogens is 2. The van der Waals surface area contributed by atoms with Crippen molar-refractivity contribution in [2.24, 2.45) is 0 Å². The zero-order valence-corrected chi connectivity index (χ0v) is 12.8. The molecule has 1 aromatic carbocycles. The Labute approximate surface area is 135 Å². The van der Waals surface area contributed by atoms with Crippen molar-refractivity contribution in [3.8, 4) is 11.6 Å². The van der Waals surface area contributed by atoms with Gasteiger partial charge in [-0.25, -0.2) is 0 Å². The van der Waals surface area contributed by atoms with E-state index in [0.29, 0.717) is 22.3 Å². The summed E-state index contributed by atoms with van der Waals surface area (Å²) >= 11 is 1.29. The first kappa shape index (κ1) is 13.8. The summed E-state index contributed by atoms with van der Waals surface area (Å²) in [4.78, 5) is 19.8. The van der Waals surface area contributed by atoms with E-state index in [0.717, 1.165) is 10.9 Å². The number of carbonyl (C=O) groups is 1. The fraction of sp³-hybridized carbons (Fsp3) is 0.0625. The Hall–Kier alpha value is -2.80.